The van der Waals surface area contributed by atoms with Gasteiger partial charge < -0.3 is 9.47 Å². The Bertz CT molecular complexity index is 991. The molecule has 0 saturated carbocycles. The number of carbonyl (C=O) groups excluding carboxylic acids is 1. The maximum absolute atomic E-state index is 12.4. The van der Waals surface area contributed by atoms with E-state index in [1.54, 1.807) is 20.3 Å². The summed E-state index contributed by atoms with van der Waals surface area (Å²) >= 11 is 0. The molecule has 27 heavy (non-hydrogen) atoms. The largest absolute Gasteiger partial charge is 0.497 e. The topological polar surface area (TPSA) is 59.9 Å². The molecule has 0 aromatic heterocycles. The quantitative estimate of drug-likeness (QED) is 0.534. The van der Waals surface area contributed by atoms with Gasteiger partial charge in [-0.1, -0.05) is 42.5 Å². The SMILES string of the molecule is COc1ccc(/C(C)=N\NC(=O)Cc2cccc3ccccc23)c(OC)c1. The van der Waals surface area contributed by atoms with Crippen LogP contribution in [0.5, 0.6) is 11.5 Å². The second-order valence-electron chi connectivity index (χ2n) is 6.11. The van der Waals surface area contributed by atoms with E-state index in [1.807, 2.05) is 61.5 Å². The lowest BCUT2D eigenvalue weighted by Crippen LogP contribution is -2.21. The smallest absolute Gasteiger partial charge is 0.244 e. The Labute approximate surface area is 158 Å². The molecule has 5 heteroatoms. The van der Waals surface area contributed by atoms with Crippen molar-refractivity contribution in [2.45, 2.75) is 13.3 Å². The fraction of sp³-hybridized carbons (Fsp3) is 0.182. The van der Waals surface area contributed by atoms with E-state index >= 15 is 0 Å². The molecule has 1 amide bonds. The number of hydrogen-bond donors (Lipinski definition) is 1. The van der Waals surface area contributed by atoms with Gasteiger partial charge in [0, 0.05) is 11.6 Å². The van der Waals surface area contributed by atoms with E-state index in [2.05, 4.69) is 10.5 Å². The van der Waals surface area contributed by atoms with Crippen molar-refractivity contribution >= 4 is 22.4 Å². The van der Waals surface area contributed by atoms with Crippen molar-refractivity contribution < 1.29 is 14.3 Å². The second kappa shape index (κ2) is 8.36. The zero-order chi connectivity index (χ0) is 19.2. The molecule has 0 fully saturated rings. The molecule has 0 atom stereocenters. The Morgan fingerprint density at radius 3 is 2.56 bits per heavy atom. The second-order valence-corrected chi connectivity index (χ2v) is 6.11. The Kier molecular flexibility index (Phi) is 5.71. The number of hydrogen-bond acceptors (Lipinski definition) is 4. The lowest BCUT2D eigenvalue weighted by molar-refractivity contribution is -0.120. The number of rotatable bonds is 6. The van der Waals surface area contributed by atoms with Crippen LogP contribution in [0.25, 0.3) is 10.8 Å². The van der Waals surface area contributed by atoms with Gasteiger partial charge in [0.05, 0.1) is 26.4 Å². The van der Waals surface area contributed by atoms with Crippen LogP contribution in [0.1, 0.15) is 18.1 Å². The minimum Gasteiger partial charge on any atom is -0.497 e. The minimum atomic E-state index is -0.168. The van der Waals surface area contributed by atoms with Crippen LogP contribution in [0.2, 0.25) is 0 Å². The number of ether oxygens (including phenoxy) is 2. The summed E-state index contributed by atoms with van der Waals surface area (Å²) in [5, 5.41) is 6.42. The van der Waals surface area contributed by atoms with Crippen LogP contribution in [0, 0.1) is 0 Å². The van der Waals surface area contributed by atoms with Crippen LogP contribution in [-0.2, 0) is 11.2 Å². The molecule has 0 unspecified atom stereocenters. The van der Waals surface area contributed by atoms with Gasteiger partial charge in [-0.15, -0.1) is 0 Å². The van der Waals surface area contributed by atoms with Gasteiger partial charge in [0.25, 0.3) is 0 Å². The summed E-state index contributed by atoms with van der Waals surface area (Å²) in [6.45, 7) is 1.82. The predicted octanol–water partition coefficient (Wildman–Crippen LogP) is 3.94. The molecule has 0 spiro atoms. The number of hydrazone groups is 1. The van der Waals surface area contributed by atoms with Gasteiger partial charge in [-0.25, -0.2) is 5.43 Å². The normalized spacial score (nSPS) is 11.3. The van der Waals surface area contributed by atoms with Crippen LogP contribution >= 0.6 is 0 Å². The molecule has 138 valence electrons. The molecule has 1 N–H and O–H groups in total. The highest BCUT2D eigenvalue weighted by atomic mass is 16.5. The van der Waals surface area contributed by atoms with E-state index in [1.165, 1.54) is 0 Å². The Hall–Kier alpha value is -3.34. The molecule has 0 aliphatic heterocycles. The summed E-state index contributed by atoms with van der Waals surface area (Å²) in [6.07, 6.45) is 0.262. The van der Waals surface area contributed by atoms with Crippen LogP contribution in [0.15, 0.2) is 65.8 Å². The Morgan fingerprint density at radius 2 is 1.78 bits per heavy atom. The van der Waals surface area contributed by atoms with Gasteiger partial charge in [-0.3, -0.25) is 4.79 Å². The van der Waals surface area contributed by atoms with Gasteiger partial charge >= 0.3 is 0 Å². The molecular weight excluding hydrogens is 340 g/mol. The maximum Gasteiger partial charge on any atom is 0.244 e. The van der Waals surface area contributed by atoms with Crippen molar-refractivity contribution in [3.8, 4) is 11.5 Å². The third-order valence-corrected chi connectivity index (χ3v) is 4.38. The number of fused-ring (bicyclic) bond motifs is 1. The molecule has 3 rings (SSSR count). The molecule has 0 aliphatic rings. The molecule has 3 aromatic rings. The van der Waals surface area contributed by atoms with Crippen LogP contribution in [0.3, 0.4) is 0 Å². The average Bonchev–Trinajstić information content (AvgIpc) is 2.71. The van der Waals surface area contributed by atoms with Gasteiger partial charge in [0.15, 0.2) is 0 Å². The third kappa shape index (κ3) is 4.26. The van der Waals surface area contributed by atoms with E-state index in [4.69, 9.17) is 9.47 Å². The van der Waals surface area contributed by atoms with E-state index in [-0.39, 0.29) is 12.3 Å². The Morgan fingerprint density at radius 1 is 1.00 bits per heavy atom. The first-order valence-electron chi connectivity index (χ1n) is 8.64. The lowest BCUT2D eigenvalue weighted by atomic mass is 10.0. The molecule has 0 heterocycles. The van der Waals surface area contributed by atoms with Crippen molar-refractivity contribution in [1.29, 1.82) is 0 Å². The summed E-state index contributed by atoms with van der Waals surface area (Å²) in [4.78, 5) is 12.4. The molecule has 5 nitrogen and oxygen atoms in total. The summed E-state index contributed by atoms with van der Waals surface area (Å²) in [5.41, 5.74) is 5.06. The number of carbonyl (C=O) groups is 1. The minimum absolute atomic E-state index is 0.168. The highest BCUT2D eigenvalue weighted by Crippen LogP contribution is 2.25. The van der Waals surface area contributed by atoms with Gasteiger partial charge in [0.1, 0.15) is 11.5 Å². The van der Waals surface area contributed by atoms with Gasteiger partial charge in [-0.2, -0.15) is 5.10 Å². The average molecular weight is 362 g/mol. The van der Waals surface area contributed by atoms with Crippen molar-refractivity contribution in [3.05, 3.63) is 71.8 Å². The van der Waals surface area contributed by atoms with Crippen molar-refractivity contribution in [3.63, 3.8) is 0 Å². The molecular formula is C22H22N2O3. The van der Waals surface area contributed by atoms with Gasteiger partial charge in [-0.05, 0) is 35.4 Å². The third-order valence-electron chi connectivity index (χ3n) is 4.38. The van der Waals surface area contributed by atoms with Crippen molar-refractivity contribution in [2.75, 3.05) is 14.2 Å². The number of nitrogens with zero attached hydrogens (tertiary/aromatic N) is 1. The summed E-state index contributed by atoms with van der Waals surface area (Å²) in [6, 6.07) is 19.4. The number of benzene rings is 3. The standard InChI is InChI=1S/C22H22N2O3/c1-15(19-12-11-18(26-2)14-21(19)27-3)23-24-22(25)13-17-9-6-8-16-7-4-5-10-20(16)17/h4-12,14H,13H2,1-3H3,(H,24,25)/b23-15-. The first kappa shape index (κ1) is 18.5. The van der Waals surface area contributed by atoms with Crippen molar-refractivity contribution in [1.82, 2.24) is 5.43 Å². The maximum atomic E-state index is 12.4. The summed E-state index contributed by atoms with van der Waals surface area (Å²) < 4.78 is 10.6. The first-order chi connectivity index (χ1) is 13.1. The number of nitrogens with one attached hydrogen (secondary N) is 1. The van der Waals surface area contributed by atoms with Crippen LogP contribution in [-0.4, -0.2) is 25.8 Å². The first-order valence-corrected chi connectivity index (χ1v) is 8.64. The zero-order valence-corrected chi connectivity index (χ0v) is 15.7. The lowest BCUT2D eigenvalue weighted by Gasteiger charge is -2.10. The predicted molar refractivity (Wildman–Crippen MR) is 108 cm³/mol. The van der Waals surface area contributed by atoms with E-state index in [9.17, 15) is 4.79 Å². The van der Waals surface area contributed by atoms with Crippen LogP contribution < -0.4 is 14.9 Å². The molecule has 3 aromatic carbocycles. The zero-order valence-electron chi connectivity index (χ0n) is 15.7. The number of methoxy groups -OCH3 is 2. The molecule has 0 saturated heterocycles. The summed E-state index contributed by atoms with van der Waals surface area (Å²) in [7, 11) is 3.19. The van der Waals surface area contributed by atoms with E-state index in [0.717, 1.165) is 21.9 Å². The van der Waals surface area contributed by atoms with Gasteiger partial charge in [0.2, 0.25) is 5.91 Å². The van der Waals surface area contributed by atoms with E-state index < -0.39 is 0 Å². The Balaban J connectivity index is 1.74. The molecule has 0 aliphatic carbocycles. The highest BCUT2D eigenvalue weighted by molar-refractivity contribution is 6.02. The number of amides is 1. The monoisotopic (exact) mass is 362 g/mol. The van der Waals surface area contributed by atoms with Crippen LogP contribution in [0.4, 0.5) is 0 Å². The fourth-order valence-corrected chi connectivity index (χ4v) is 2.96. The summed E-state index contributed by atoms with van der Waals surface area (Å²) in [5.74, 6) is 1.17. The molecule has 0 radical (unpaired) electrons. The molecule has 0 bridgehead atoms. The van der Waals surface area contributed by atoms with E-state index in [0.29, 0.717) is 17.2 Å². The fourth-order valence-electron chi connectivity index (χ4n) is 2.96. The van der Waals surface area contributed by atoms with Crippen molar-refractivity contribution in [2.24, 2.45) is 5.10 Å². The highest BCUT2D eigenvalue weighted by Gasteiger charge is 2.10.